The second kappa shape index (κ2) is 5.93. The van der Waals surface area contributed by atoms with Crippen molar-refractivity contribution < 1.29 is 16.8 Å². The number of pyridine rings is 2. The molecule has 0 N–H and O–H groups in total. The van der Waals surface area contributed by atoms with Crippen molar-refractivity contribution in [1.29, 1.82) is 0 Å². The Kier molecular flexibility index (Phi) is 4.21. The van der Waals surface area contributed by atoms with Gasteiger partial charge in [0.2, 0.25) is 0 Å². The van der Waals surface area contributed by atoms with Gasteiger partial charge in [0.25, 0.3) is 0 Å². The number of hydrogen-bond donors (Lipinski definition) is 0. The second-order valence-corrected chi connectivity index (χ2v) is 10.4. The second-order valence-electron chi connectivity index (χ2n) is 6.23. The zero-order chi connectivity index (χ0) is 17.5. The summed E-state index contributed by atoms with van der Waals surface area (Å²) >= 11 is 0. The third-order valence-electron chi connectivity index (χ3n) is 4.35. The molecule has 2 aromatic rings. The molecule has 24 heavy (non-hydrogen) atoms. The van der Waals surface area contributed by atoms with Crippen molar-refractivity contribution in [2.45, 2.75) is 36.9 Å². The smallest absolute Gasteiger partial charge is 0.158 e. The fraction of sp³-hybridized carbons (Fsp3) is 0.375. The van der Waals surface area contributed by atoms with E-state index in [0.29, 0.717) is 33.4 Å². The van der Waals surface area contributed by atoms with Crippen molar-refractivity contribution >= 4 is 19.7 Å². The fourth-order valence-electron chi connectivity index (χ4n) is 2.87. The molecule has 2 aromatic heterocycles. The molecular formula is C16H18N2O4S2. The van der Waals surface area contributed by atoms with Crippen LogP contribution >= 0.6 is 0 Å². The Morgan fingerprint density at radius 2 is 0.875 bits per heavy atom. The van der Waals surface area contributed by atoms with Crippen molar-refractivity contribution in [2.24, 2.45) is 0 Å². The lowest BCUT2D eigenvalue weighted by Gasteiger charge is -2.16. The van der Waals surface area contributed by atoms with Crippen molar-refractivity contribution in [3.8, 4) is 0 Å². The average Bonchev–Trinajstić information content (AvgIpc) is 2.46. The van der Waals surface area contributed by atoms with E-state index in [1.807, 2.05) is 0 Å². The zero-order valence-electron chi connectivity index (χ0n) is 13.5. The van der Waals surface area contributed by atoms with Crippen LogP contribution in [0.4, 0.5) is 0 Å². The summed E-state index contributed by atoms with van der Waals surface area (Å²) in [5, 5.41) is 0. The molecule has 8 heteroatoms. The van der Waals surface area contributed by atoms with Crippen LogP contribution in [-0.4, -0.2) is 26.8 Å². The van der Waals surface area contributed by atoms with Crippen LogP contribution in [0.3, 0.4) is 0 Å². The first-order valence-corrected chi connectivity index (χ1v) is 11.1. The van der Waals surface area contributed by atoms with E-state index in [9.17, 15) is 16.8 Å². The molecule has 4 bridgehead atoms. The summed E-state index contributed by atoms with van der Waals surface area (Å²) in [6.07, 6.45) is 5.99. The normalized spacial score (nSPS) is 19.1. The molecule has 0 aliphatic carbocycles. The maximum Gasteiger partial charge on any atom is 0.158 e. The maximum atomic E-state index is 12.6. The van der Waals surface area contributed by atoms with Crippen LogP contribution in [0.1, 0.15) is 33.4 Å². The van der Waals surface area contributed by atoms with E-state index in [1.54, 1.807) is 13.8 Å². The molecule has 0 unspecified atom stereocenters. The first-order chi connectivity index (χ1) is 11.2. The van der Waals surface area contributed by atoms with E-state index >= 15 is 0 Å². The lowest BCUT2D eigenvalue weighted by Crippen LogP contribution is -2.16. The van der Waals surface area contributed by atoms with Crippen LogP contribution in [0.5, 0.6) is 0 Å². The Hall–Kier alpha value is -1.80. The van der Waals surface area contributed by atoms with E-state index in [2.05, 4.69) is 9.97 Å². The Bertz CT molecular complexity index is 868. The van der Waals surface area contributed by atoms with Crippen LogP contribution in [0.15, 0.2) is 24.8 Å². The molecule has 0 atom stereocenters. The van der Waals surface area contributed by atoms with Crippen LogP contribution in [0.25, 0.3) is 0 Å². The molecule has 0 saturated heterocycles. The van der Waals surface area contributed by atoms with Gasteiger partial charge in [-0.25, -0.2) is 16.8 Å². The number of hydrogen-bond acceptors (Lipinski definition) is 6. The van der Waals surface area contributed by atoms with Crippen LogP contribution < -0.4 is 0 Å². The van der Waals surface area contributed by atoms with Crippen molar-refractivity contribution in [1.82, 2.24) is 9.97 Å². The van der Waals surface area contributed by atoms with Crippen LogP contribution in [0.2, 0.25) is 0 Å². The quantitative estimate of drug-likeness (QED) is 0.703. The highest BCUT2D eigenvalue weighted by molar-refractivity contribution is 7.90. The van der Waals surface area contributed by atoms with Crippen molar-refractivity contribution in [2.75, 3.05) is 0 Å². The molecule has 0 fully saturated rings. The third kappa shape index (κ3) is 3.49. The largest absolute Gasteiger partial charge is 0.264 e. The Balaban J connectivity index is 2.21. The first-order valence-electron chi connectivity index (χ1n) is 7.42. The van der Waals surface area contributed by atoms with Gasteiger partial charge in [-0.3, -0.25) is 9.97 Å². The zero-order valence-corrected chi connectivity index (χ0v) is 15.1. The molecule has 6 nitrogen and oxygen atoms in total. The molecular weight excluding hydrogens is 348 g/mol. The summed E-state index contributed by atoms with van der Waals surface area (Å²) < 4.78 is 50.2. The van der Waals surface area contributed by atoms with E-state index in [4.69, 9.17) is 0 Å². The molecule has 0 aromatic carbocycles. The van der Waals surface area contributed by atoms with Gasteiger partial charge in [-0.05, 0) is 47.2 Å². The minimum Gasteiger partial charge on any atom is -0.264 e. The highest BCUT2D eigenvalue weighted by Crippen LogP contribution is 2.24. The molecule has 3 heterocycles. The monoisotopic (exact) mass is 366 g/mol. The minimum absolute atomic E-state index is 0.163. The van der Waals surface area contributed by atoms with Crippen molar-refractivity contribution in [3.05, 3.63) is 58.2 Å². The summed E-state index contributed by atoms with van der Waals surface area (Å²) in [4.78, 5) is 8.06. The number of aromatic nitrogens is 2. The number of nitrogens with zero attached hydrogens (tertiary/aromatic N) is 2. The third-order valence-corrected chi connectivity index (χ3v) is 7.35. The number of sulfone groups is 2. The molecule has 0 radical (unpaired) electrons. The lowest BCUT2D eigenvalue weighted by molar-refractivity contribution is 0.594. The highest BCUT2D eigenvalue weighted by Gasteiger charge is 2.23. The maximum absolute atomic E-state index is 12.6. The number of fused-ring (bicyclic) bond motifs is 4. The van der Waals surface area contributed by atoms with Gasteiger partial charge in [0, 0.05) is 24.8 Å². The van der Waals surface area contributed by atoms with Gasteiger partial charge < -0.3 is 0 Å². The molecule has 1 aliphatic rings. The van der Waals surface area contributed by atoms with Gasteiger partial charge in [-0.1, -0.05) is 0 Å². The molecule has 128 valence electrons. The van der Waals surface area contributed by atoms with Gasteiger partial charge >= 0.3 is 0 Å². The summed E-state index contributed by atoms with van der Waals surface area (Å²) in [7, 11) is -6.82. The topological polar surface area (TPSA) is 94.1 Å². The average molecular weight is 366 g/mol. The molecule has 0 amide bonds. The van der Waals surface area contributed by atoms with Gasteiger partial charge in [-0.2, -0.15) is 0 Å². The summed E-state index contributed by atoms with van der Waals surface area (Å²) in [6, 6.07) is 0. The first kappa shape index (κ1) is 17.0. The SMILES string of the molecule is Cc1c2cncc1CS(=O)(=O)Cc1cncc(c1C)CS(=O)(=O)C2. The summed E-state index contributed by atoms with van der Waals surface area (Å²) in [6.45, 7) is 3.49. The van der Waals surface area contributed by atoms with Gasteiger partial charge in [0.1, 0.15) is 0 Å². The predicted octanol–water partition coefficient (Wildman–Crippen LogP) is 1.64. The van der Waals surface area contributed by atoms with E-state index < -0.39 is 19.7 Å². The van der Waals surface area contributed by atoms with Crippen LogP contribution in [0, 0.1) is 13.8 Å². The number of rotatable bonds is 0. The fourth-order valence-corrected chi connectivity index (χ4v) is 6.13. The standard InChI is InChI=1S/C16H18N2O4S2/c1-11-13-3-17-4-14(11)8-24(21,22)10-16-6-18-5-15(12(16)2)9-23(19,20)7-13/h3-6H,7-10H2,1-2H3. The predicted molar refractivity (Wildman–Crippen MR) is 90.6 cm³/mol. The molecule has 3 rings (SSSR count). The Morgan fingerprint density at radius 3 is 1.12 bits per heavy atom. The minimum atomic E-state index is -3.41. The van der Waals surface area contributed by atoms with Crippen LogP contribution in [-0.2, 0) is 42.7 Å². The van der Waals surface area contributed by atoms with E-state index in [0.717, 1.165) is 0 Å². The Labute approximate surface area is 141 Å². The summed E-state index contributed by atoms with van der Waals surface area (Å²) in [5.41, 5.74) is 3.54. The van der Waals surface area contributed by atoms with Gasteiger partial charge in [0.15, 0.2) is 19.7 Å². The highest BCUT2D eigenvalue weighted by atomic mass is 32.2. The Morgan fingerprint density at radius 1 is 0.625 bits per heavy atom. The van der Waals surface area contributed by atoms with E-state index in [1.165, 1.54) is 24.8 Å². The molecule has 0 spiro atoms. The molecule has 0 saturated carbocycles. The van der Waals surface area contributed by atoms with Crippen molar-refractivity contribution in [3.63, 3.8) is 0 Å². The van der Waals surface area contributed by atoms with E-state index in [-0.39, 0.29) is 23.0 Å². The molecule has 1 aliphatic heterocycles. The summed E-state index contributed by atoms with van der Waals surface area (Å²) in [5.74, 6) is -0.653. The lowest BCUT2D eigenvalue weighted by atomic mass is 10.1. The van der Waals surface area contributed by atoms with Gasteiger partial charge in [-0.15, -0.1) is 0 Å². The van der Waals surface area contributed by atoms with Gasteiger partial charge in [0.05, 0.1) is 23.0 Å².